The minimum atomic E-state index is 0.837. The number of hydrogen-bond donors (Lipinski definition) is 0. The van der Waals surface area contributed by atoms with Gasteiger partial charge in [0.25, 0.3) is 0 Å². The van der Waals surface area contributed by atoms with E-state index in [0.29, 0.717) is 0 Å². The summed E-state index contributed by atoms with van der Waals surface area (Å²) in [4.78, 5) is 2.72. The molecule has 122 valence electrons. The molecular formula is C20H37N. The quantitative estimate of drug-likeness (QED) is 0.533. The van der Waals surface area contributed by atoms with Crippen LogP contribution in [0.3, 0.4) is 0 Å². The molecule has 0 N–H and O–H groups in total. The molecule has 2 fully saturated rings. The minimum Gasteiger partial charge on any atom is -0.303 e. The van der Waals surface area contributed by atoms with Crippen molar-refractivity contribution in [1.82, 2.24) is 4.90 Å². The highest BCUT2D eigenvalue weighted by Gasteiger charge is 2.38. The molecule has 0 radical (unpaired) electrons. The molecule has 1 nitrogen and oxygen atoms in total. The molecular weight excluding hydrogens is 254 g/mol. The van der Waals surface area contributed by atoms with E-state index in [1.165, 1.54) is 64.3 Å². The van der Waals surface area contributed by atoms with Crippen LogP contribution >= 0.6 is 0 Å². The summed E-state index contributed by atoms with van der Waals surface area (Å²) in [6, 6.07) is 0.873. The maximum Gasteiger partial charge on any atom is 0.0149 e. The fourth-order valence-electron chi connectivity index (χ4n) is 4.94. The van der Waals surface area contributed by atoms with Crippen molar-refractivity contribution in [2.75, 3.05) is 13.6 Å². The smallest absolute Gasteiger partial charge is 0.0149 e. The summed E-state index contributed by atoms with van der Waals surface area (Å²) in [7, 11) is 2.39. The normalized spacial score (nSPS) is 29.9. The molecule has 0 aliphatic heterocycles. The summed E-state index contributed by atoms with van der Waals surface area (Å²) in [6.07, 6.45) is 14.9. The molecule has 2 unspecified atom stereocenters. The topological polar surface area (TPSA) is 3.24 Å². The van der Waals surface area contributed by atoms with E-state index in [1.807, 2.05) is 0 Å². The van der Waals surface area contributed by atoms with E-state index in [1.54, 1.807) is 0 Å². The Labute approximate surface area is 133 Å². The van der Waals surface area contributed by atoms with Crippen molar-refractivity contribution in [2.45, 2.75) is 77.7 Å². The monoisotopic (exact) mass is 291 g/mol. The molecule has 0 aromatic heterocycles. The van der Waals surface area contributed by atoms with Crippen molar-refractivity contribution < 1.29 is 0 Å². The van der Waals surface area contributed by atoms with Crippen LogP contribution in [0, 0.1) is 23.7 Å². The molecule has 2 saturated carbocycles. The molecule has 0 spiro atoms. The minimum absolute atomic E-state index is 0.837. The van der Waals surface area contributed by atoms with Gasteiger partial charge in [0.1, 0.15) is 0 Å². The first-order valence-corrected chi connectivity index (χ1v) is 9.48. The fraction of sp³-hybridized carbons (Fsp3) is 0.900. The zero-order valence-electron chi connectivity index (χ0n) is 14.7. The Morgan fingerprint density at radius 3 is 2.29 bits per heavy atom. The highest BCUT2D eigenvalue weighted by Crippen LogP contribution is 2.43. The lowest BCUT2D eigenvalue weighted by molar-refractivity contribution is 0.0365. The van der Waals surface area contributed by atoms with Gasteiger partial charge < -0.3 is 4.90 Å². The Bertz CT molecular complexity index is 307. The van der Waals surface area contributed by atoms with Gasteiger partial charge in [0.2, 0.25) is 0 Å². The molecule has 0 saturated heterocycles. The summed E-state index contributed by atoms with van der Waals surface area (Å²) in [5.74, 6) is 3.74. The van der Waals surface area contributed by atoms with Crippen molar-refractivity contribution >= 4 is 0 Å². The van der Waals surface area contributed by atoms with Crippen LogP contribution in [0.15, 0.2) is 12.7 Å². The molecule has 2 aliphatic rings. The lowest BCUT2D eigenvalue weighted by Crippen LogP contribution is -2.47. The Balaban J connectivity index is 1.99. The van der Waals surface area contributed by atoms with E-state index in [-0.39, 0.29) is 0 Å². The average Bonchev–Trinajstić information content (AvgIpc) is 2.43. The van der Waals surface area contributed by atoms with Crippen molar-refractivity contribution in [2.24, 2.45) is 23.7 Å². The molecule has 2 aliphatic carbocycles. The standard InChI is InChI=1S/C20H37N/c1-5-9-16(3)18-12-8-13-19(15-18)20(17-10-7-11-17)21(4)14-6-2/h5,16-20H,1,6-15H2,2-4H3/t16-,18-,19?,20?/m1/s1. The van der Waals surface area contributed by atoms with Gasteiger partial charge in [0, 0.05) is 6.04 Å². The summed E-state index contributed by atoms with van der Waals surface area (Å²) < 4.78 is 0. The fourth-order valence-corrected chi connectivity index (χ4v) is 4.94. The van der Waals surface area contributed by atoms with Gasteiger partial charge in [-0.05, 0) is 75.8 Å². The Kier molecular flexibility index (Phi) is 6.79. The Morgan fingerprint density at radius 1 is 1.10 bits per heavy atom. The first-order valence-electron chi connectivity index (χ1n) is 9.48. The van der Waals surface area contributed by atoms with Crippen molar-refractivity contribution in [1.29, 1.82) is 0 Å². The van der Waals surface area contributed by atoms with E-state index in [2.05, 4.69) is 38.5 Å². The van der Waals surface area contributed by atoms with Gasteiger partial charge in [-0.2, -0.15) is 0 Å². The van der Waals surface area contributed by atoms with Crippen LogP contribution in [-0.4, -0.2) is 24.5 Å². The SMILES string of the molecule is C=CC[C@@H](C)[C@@H]1CCCC(C(C2CCC2)N(C)CCC)C1. The van der Waals surface area contributed by atoms with E-state index in [9.17, 15) is 0 Å². The van der Waals surface area contributed by atoms with Gasteiger partial charge in [-0.3, -0.25) is 0 Å². The second-order valence-corrected chi connectivity index (χ2v) is 7.85. The zero-order chi connectivity index (χ0) is 15.2. The van der Waals surface area contributed by atoms with E-state index >= 15 is 0 Å². The van der Waals surface area contributed by atoms with Crippen LogP contribution < -0.4 is 0 Å². The first kappa shape index (κ1) is 17.1. The molecule has 0 aromatic rings. The van der Waals surface area contributed by atoms with Crippen LogP contribution in [0.1, 0.15) is 71.6 Å². The van der Waals surface area contributed by atoms with Crippen molar-refractivity contribution in [3.8, 4) is 0 Å². The third kappa shape index (κ3) is 4.34. The lowest BCUT2D eigenvalue weighted by Gasteiger charge is -2.47. The van der Waals surface area contributed by atoms with Gasteiger partial charge >= 0.3 is 0 Å². The third-order valence-electron chi connectivity index (χ3n) is 6.30. The lowest BCUT2D eigenvalue weighted by atomic mass is 9.66. The predicted octanol–water partition coefficient (Wildman–Crippen LogP) is 5.52. The number of allylic oxidation sites excluding steroid dienone is 1. The van der Waals surface area contributed by atoms with Crippen LogP contribution in [0.2, 0.25) is 0 Å². The first-order chi connectivity index (χ1) is 10.2. The largest absolute Gasteiger partial charge is 0.303 e. The van der Waals surface area contributed by atoms with Crippen LogP contribution in [-0.2, 0) is 0 Å². The van der Waals surface area contributed by atoms with E-state index < -0.39 is 0 Å². The molecule has 0 bridgehead atoms. The molecule has 21 heavy (non-hydrogen) atoms. The maximum absolute atomic E-state index is 3.94. The molecule has 0 aromatic carbocycles. The summed E-state index contributed by atoms with van der Waals surface area (Å²) in [6.45, 7) is 10.00. The van der Waals surface area contributed by atoms with Crippen LogP contribution in [0.25, 0.3) is 0 Å². The van der Waals surface area contributed by atoms with Gasteiger partial charge in [-0.15, -0.1) is 6.58 Å². The highest BCUT2D eigenvalue weighted by molar-refractivity contribution is 4.92. The average molecular weight is 292 g/mol. The van der Waals surface area contributed by atoms with E-state index in [4.69, 9.17) is 0 Å². The van der Waals surface area contributed by atoms with Gasteiger partial charge in [-0.1, -0.05) is 39.2 Å². The van der Waals surface area contributed by atoms with E-state index in [0.717, 1.165) is 29.7 Å². The Hall–Kier alpha value is -0.300. The number of nitrogens with zero attached hydrogens (tertiary/aromatic N) is 1. The maximum atomic E-state index is 3.94. The molecule has 0 amide bonds. The summed E-state index contributed by atoms with van der Waals surface area (Å²) in [5, 5.41) is 0. The van der Waals surface area contributed by atoms with Gasteiger partial charge in [0.15, 0.2) is 0 Å². The van der Waals surface area contributed by atoms with Gasteiger partial charge in [-0.25, -0.2) is 0 Å². The second-order valence-electron chi connectivity index (χ2n) is 7.85. The summed E-state index contributed by atoms with van der Waals surface area (Å²) in [5.41, 5.74) is 0. The van der Waals surface area contributed by atoms with Crippen molar-refractivity contribution in [3.05, 3.63) is 12.7 Å². The van der Waals surface area contributed by atoms with Crippen molar-refractivity contribution in [3.63, 3.8) is 0 Å². The number of rotatable bonds is 8. The Morgan fingerprint density at radius 2 is 1.71 bits per heavy atom. The van der Waals surface area contributed by atoms with Crippen LogP contribution in [0.5, 0.6) is 0 Å². The second kappa shape index (κ2) is 8.36. The molecule has 4 atom stereocenters. The zero-order valence-corrected chi connectivity index (χ0v) is 14.7. The molecule has 1 heteroatoms. The number of hydrogen-bond acceptors (Lipinski definition) is 1. The molecule has 2 rings (SSSR count). The highest BCUT2D eigenvalue weighted by atomic mass is 15.1. The van der Waals surface area contributed by atoms with Gasteiger partial charge in [0.05, 0.1) is 0 Å². The third-order valence-corrected chi connectivity index (χ3v) is 6.30. The predicted molar refractivity (Wildman–Crippen MR) is 93.5 cm³/mol. The van der Waals surface area contributed by atoms with Crippen LogP contribution in [0.4, 0.5) is 0 Å². The summed E-state index contributed by atoms with van der Waals surface area (Å²) >= 11 is 0. The molecule has 0 heterocycles.